The molecule has 0 aliphatic rings. The minimum absolute atomic E-state index is 1.17. The van der Waals surface area contributed by atoms with Crippen LogP contribution in [0.15, 0.2) is 78.9 Å². The summed E-state index contributed by atoms with van der Waals surface area (Å²) >= 11 is 0. The van der Waals surface area contributed by atoms with E-state index in [4.69, 9.17) is 0 Å². The second-order valence-electron chi connectivity index (χ2n) is 5.04. The lowest BCUT2D eigenvalue weighted by Gasteiger charge is -2.05. The number of hydrogen-bond acceptors (Lipinski definition) is 0. The van der Waals surface area contributed by atoms with Crippen LogP contribution in [0.1, 0.15) is 0 Å². The molecule has 0 unspecified atom stereocenters. The molecule has 0 heterocycles. The molecule has 0 atom stereocenters. The molecule has 0 spiro atoms. The van der Waals surface area contributed by atoms with Gasteiger partial charge in [0.05, 0.1) is 0 Å². The fraction of sp³-hybridized carbons (Fsp3) is 0. The largest absolute Gasteiger partial charge is 0.0622 e. The van der Waals surface area contributed by atoms with Gasteiger partial charge in [0.1, 0.15) is 0 Å². The Kier molecular flexibility index (Phi) is 2.53. The Balaban J connectivity index is 1.97. The molecule has 4 aromatic rings. The summed E-state index contributed by atoms with van der Waals surface area (Å²) in [6.45, 7) is 0. The average Bonchev–Trinajstić information content (AvgIpc) is 2.53. The van der Waals surface area contributed by atoms with Crippen molar-refractivity contribution in [2.45, 2.75) is 0 Å². The van der Waals surface area contributed by atoms with E-state index in [1.54, 1.807) is 0 Å². The van der Waals surface area contributed by atoms with Gasteiger partial charge in [-0.3, -0.25) is 0 Å². The first kappa shape index (κ1) is 11.2. The van der Waals surface area contributed by atoms with E-state index in [1.807, 2.05) is 6.07 Å². The minimum Gasteiger partial charge on any atom is -0.0622 e. The van der Waals surface area contributed by atoms with E-state index in [0.29, 0.717) is 0 Å². The van der Waals surface area contributed by atoms with Crippen molar-refractivity contribution in [1.82, 2.24) is 0 Å². The highest BCUT2D eigenvalue weighted by Crippen LogP contribution is 2.27. The third kappa shape index (κ3) is 1.86. The zero-order valence-electron chi connectivity index (χ0n) is 11.0. The van der Waals surface area contributed by atoms with E-state index >= 15 is 0 Å². The van der Waals surface area contributed by atoms with E-state index in [0.717, 1.165) is 0 Å². The maximum Gasteiger partial charge on any atom is -0.00926 e. The van der Waals surface area contributed by atoms with Crippen LogP contribution in [-0.2, 0) is 0 Å². The van der Waals surface area contributed by atoms with Gasteiger partial charge in [-0.05, 0) is 63.0 Å². The standard InChI is InChI=1S/C20H13/c1-2-6-15(7-3-1)18-10-11-19-12-16-8-4-5-9-17(16)13-20(19)14-18/h1-10,12-14H. The Morgan fingerprint density at radius 3 is 2.05 bits per heavy atom. The third-order valence-corrected chi connectivity index (χ3v) is 3.72. The van der Waals surface area contributed by atoms with E-state index < -0.39 is 0 Å². The van der Waals surface area contributed by atoms with Crippen molar-refractivity contribution in [2.24, 2.45) is 0 Å². The second kappa shape index (κ2) is 4.50. The fourth-order valence-corrected chi connectivity index (χ4v) is 2.66. The lowest BCUT2D eigenvalue weighted by molar-refractivity contribution is 1.64. The van der Waals surface area contributed by atoms with Crippen LogP contribution in [0.3, 0.4) is 0 Å². The molecule has 0 aliphatic heterocycles. The topological polar surface area (TPSA) is 0 Å². The summed E-state index contributed by atoms with van der Waals surface area (Å²) in [4.78, 5) is 0. The summed E-state index contributed by atoms with van der Waals surface area (Å²) in [5.41, 5.74) is 2.45. The Bertz CT molecular complexity index is 889. The first-order valence-corrected chi connectivity index (χ1v) is 6.80. The Labute approximate surface area is 118 Å². The zero-order valence-corrected chi connectivity index (χ0v) is 11.0. The van der Waals surface area contributed by atoms with Gasteiger partial charge in [-0.25, -0.2) is 0 Å². The van der Waals surface area contributed by atoms with Crippen LogP contribution in [0.2, 0.25) is 0 Å². The number of fused-ring (bicyclic) bond motifs is 2. The molecule has 20 heavy (non-hydrogen) atoms. The third-order valence-electron chi connectivity index (χ3n) is 3.72. The molecule has 0 nitrogen and oxygen atoms in total. The zero-order chi connectivity index (χ0) is 13.4. The maximum atomic E-state index is 3.41. The normalized spacial score (nSPS) is 11.0. The van der Waals surface area contributed by atoms with E-state index in [-0.39, 0.29) is 0 Å². The van der Waals surface area contributed by atoms with Crippen molar-refractivity contribution in [3.05, 3.63) is 84.9 Å². The van der Waals surface area contributed by atoms with Gasteiger partial charge < -0.3 is 0 Å². The SMILES string of the molecule is [c]1cc(-c2ccccc2)cc2cc3ccccc3cc12. The molecule has 0 bridgehead atoms. The molecule has 0 aliphatic carbocycles. The summed E-state index contributed by atoms with van der Waals surface area (Å²) in [5, 5.41) is 4.95. The molecule has 0 N–H and O–H groups in total. The molecule has 0 amide bonds. The molecule has 0 saturated carbocycles. The Morgan fingerprint density at radius 1 is 0.550 bits per heavy atom. The van der Waals surface area contributed by atoms with Gasteiger partial charge in [0.25, 0.3) is 0 Å². The number of hydrogen-bond donors (Lipinski definition) is 0. The summed E-state index contributed by atoms with van der Waals surface area (Å²) < 4.78 is 0. The summed E-state index contributed by atoms with van der Waals surface area (Å²) in [7, 11) is 0. The van der Waals surface area contributed by atoms with Crippen LogP contribution < -0.4 is 0 Å². The van der Waals surface area contributed by atoms with Gasteiger partial charge in [0, 0.05) is 0 Å². The van der Waals surface area contributed by atoms with E-state index in [2.05, 4.69) is 78.9 Å². The molecule has 1 radical (unpaired) electrons. The molecule has 93 valence electrons. The van der Waals surface area contributed by atoms with Crippen molar-refractivity contribution in [1.29, 1.82) is 0 Å². The lowest BCUT2D eigenvalue weighted by atomic mass is 9.99. The predicted molar refractivity (Wildman–Crippen MR) is 85.7 cm³/mol. The minimum atomic E-state index is 1.17. The quantitative estimate of drug-likeness (QED) is 0.395. The summed E-state index contributed by atoms with van der Waals surface area (Å²) in [5.74, 6) is 0. The smallest absolute Gasteiger partial charge is 0.00926 e. The molecular weight excluding hydrogens is 240 g/mol. The molecule has 4 aromatic carbocycles. The first-order valence-electron chi connectivity index (χ1n) is 6.80. The molecular formula is C20H13. The molecule has 0 saturated heterocycles. The Morgan fingerprint density at radius 2 is 1.25 bits per heavy atom. The van der Waals surface area contributed by atoms with Gasteiger partial charge in [-0.15, -0.1) is 0 Å². The fourth-order valence-electron chi connectivity index (χ4n) is 2.66. The Hall–Kier alpha value is -2.60. The van der Waals surface area contributed by atoms with Gasteiger partial charge in [0.15, 0.2) is 0 Å². The van der Waals surface area contributed by atoms with Gasteiger partial charge >= 0.3 is 0 Å². The highest BCUT2D eigenvalue weighted by atomic mass is 14.1. The highest BCUT2D eigenvalue weighted by Gasteiger charge is 2.01. The van der Waals surface area contributed by atoms with Crippen molar-refractivity contribution in [2.75, 3.05) is 0 Å². The maximum absolute atomic E-state index is 3.41. The van der Waals surface area contributed by atoms with Gasteiger partial charge in [-0.1, -0.05) is 54.6 Å². The highest BCUT2D eigenvalue weighted by molar-refractivity contribution is 5.99. The van der Waals surface area contributed by atoms with Crippen LogP contribution in [-0.4, -0.2) is 0 Å². The van der Waals surface area contributed by atoms with Crippen LogP contribution >= 0.6 is 0 Å². The molecule has 0 fully saturated rings. The molecule has 0 heteroatoms. The summed E-state index contributed by atoms with van der Waals surface area (Å²) in [6, 6.07) is 31.1. The van der Waals surface area contributed by atoms with Crippen LogP contribution in [0.25, 0.3) is 32.7 Å². The van der Waals surface area contributed by atoms with Crippen molar-refractivity contribution >= 4 is 21.5 Å². The van der Waals surface area contributed by atoms with E-state index in [9.17, 15) is 0 Å². The van der Waals surface area contributed by atoms with Crippen molar-refractivity contribution in [3.8, 4) is 11.1 Å². The number of benzene rings is 4. The molecule has 4 rings (SSSR count). The van der Waals surface area contributed by atoms with Crippen molar-refractivity contribution in [3.63, 3.8) is 0 Å². The van der Waals surface area contributed by atoms with Crippen molar-refractivity contribution < 1.29 is 0 Å². The first-order chi connectivity index (χ1) is 9.90. The molecule has 0 aromatic heterocycles. The second-order valence-corrected chi connectivity index (χ2v) is 5.04. The average molecular weight is 253 g/mol. The van der Waals surface area contributed by atoms with Crippen LogP contribution in [0, 0.1) is 6.07 Å². The van der Waals surface area contributed by atoms with Gasteiger partial charge in [-0.2, -0.15) is 0 Å². The monoisotopic (exact) mass is 253 g/mol. The lowest BCUT2D eigenvalue weighted by Crippen LogP contribution is -1.80. The van der Waals surface area contributed by atoms with Gasteiger partial charge in [0.2, 0.25) is 0 Å². The van der Waals surface area contributed by atoms with Crippen LogP contribution in [0.5, 0.6) is 0 Å². The van der Waals surface area contributed by atoms with E-state index in [1.165, 1.54) is 32.7 Å². The predicted octanol–water partition coefficient (Wildman–Crippen LogP) is 5.46. The van der Waals surface area contributed by atoms with Crippen LogP contribution in [0.4, 0.5) is 0 Å². The summed E-state index contributed by atoms with van der Waals surface area (Å²) in [6.07, 6.45) is 0. The number of rotatable bonds is 1.